The summed E-state index contributed by atoms with van der Waals surface area (Å²) in [5.41, 5.74) is 0.328. The van der Waals surface area contributed by atoms with Crippen LogP contribution in [0.3, 0.4) is 0 Å². The van der Waals surface area contributed by atoms with Gasteiger partial charge in [0, 0.05) is 12.1 Å². The number of hydrogen-bond acceptors (Lipinski definition) is 5. The zero-order chi connectivity index (χ0) is 16.8. The van der Waals surface area contributed by atoms with E-state index in [1.807, 2.05) is 0 Å². The van der Waals surface area contributed by atoms with Gasteiger partial charge in [0.05, 0.1) is 27.9 Å². The summed E-state index contributed by atoms with van der Waals surface area (Å²) in [6, 6.07) is 3.08. The number of methoxy groups -OCH3 is 3. The van der Waals surface area contributed by atoms with Crippen molar-refractivity contribution in [1.82, 2.24) is 10.6 Å². The monoisotopic (exact) mass is 322 g/mol. The zero-order valence-electron chi connectivity index (χ0n) is 13.6. The summed E-state index contributed by atoms with van der Waals surface area (Å²) in [6.45, 7) is 0.612. The Morgan fingerprint density at radius 3 is 2.13 bits per heavy atom. The van der Waals surface area contributed by atoms with Gasteiger partial charge in [-0.15, -0.1) is 0 Å². The fourth-order valence-electron chi connectivity index (χ4n) is 2.12. The molecule has 0 bridgehead atoms. The molecule has 7 nitrogen and oxygen atoms in total. The molecule has 23 heavy (non-hydrogen) atoms. The average Bonchev–Trinajstić information content (AvgIpc) is 3.40. The molecule has 1 aliphatic rings. The van der Waals surface area contributed by atoms with Crippen LogP contribution in [0.25, 0.3) is 0 Å². The van der Waals surface area contributed by atoms with Crippen LogP contribution in [-0.4, -0.2) is 46.2 Å². The Morgan fingerprint density at radius 2 is 1.65 bits per heavy atom. The van der Waals surface area contributed by atoms with E-state index < -0.39 is 0 Å². The lowest BCUT2D eigenvalue weighted by Gasteiger charge is -2.14. The van der Waals surface area contributed by atoms with Gasteiger partial charge in [0.15, 0.2) is 11.5 Å². The number of carbonyl (C=O) groups is 2. The van der Waals surface area contributed by atoms with Crippen LogP contribution in [0, 0.1) is 5.92 Å². The molecule has 0 aliphatic heterocycles. The molecule has 1 aliphatic carbocycles. The first kappa shape index (κ1) is 16.9. The van der Waals surface area contributed by atoms with Gasteiger partial charge < -0.3 is 24.8 Å². The predicted octanol–water partition coefficient (Wildman–Crippen LogP) is 0.968. The van der Waals surface area contributed by atoms with Gasteiger partial charge in [0.25, 0.3) is 5.91 Å². The molecule has 1 saturated carbocycles. The highest BCUT2D eigenvalue weighted by Gasteiger charge is 2.22. The molecule has 126 valence electrons. The molecule has 0 spiro atoms. The topological polar surface area (TPSA) is 85.9 Å². The Labute approximate surface area is 135 Å². The summed E-state index contributed by atoms with van der Waals surface area (Å²) in [5.74, 6) is 1.20. The molecule has 2 amide bonds. The number of nitrogens with one attached hydrogen (secondary N) is 2. The van der Waals surface area contributed by atoms with Gasteiger partial charge in [-0.3, -0.25) is 9.59 Å². The largest absolute Gasteiger partial charge is 0.493 e. The van der Waals surface area contributed by atoms with Gasteiger partial charge in [0.2, 0.25) is 11.7 Å². The van der Waals surface area contributed by atoms with Crippen molar-refractivity contribution in [2.45, 2.75) is 12.8 Å². The predicted molar refractivity (Wildman–Crippen MR) is 84.2 cm³/mol. The molecule has 0 radical (unpaired) electrons. The van der Waals surface area contributed by atoms with Crippen molar-refractivity contribution in [2.24, 2.45) is 5.92 Å². The highest BCUT2D eigenvalue weighted by Crippen LogP contribution is 2.38. The van der Waals surface area contributed by atoms with E-state index >= 15 is 0 Å². The summed E-state index contributed by atoms with van der Waals surface area (Å²) in [5, 5.41) is 5.37. The standard InChI is InChI=1S/C16H22N2O5/c1-21-12-6-11(7-13(22-2)15(12)23-3)16(20)18-9-14(19)17-8-10-4-5-10/h6-7,10H,4-5,8-9H2,1-3H3,(H,17,19)(H,18,20). The molecule has 2 rings (SSSR count). The van der Waals surface area contributed by atoms with Crippen LogP contribution in [0.1, 0.15) is 23.2 Å². The van der Waals surface area contributed by atoms with E-state index in [2.05, 4.69) is 10.6 Å². The number of carbonyl (C=O) groups excluding carboxylic acids is 2. The van der Waals surface area contributed by atoms with E-state index in [-0.39, 0.29) is 18.4 Å². The Morgan fingerprint density at radius 1 is 1.04 bits per heavy atom. The maximum Gasteiger partial charge on any atom is 0.251 e. The molecule has 7 heteroatoms. The van der Waals surface area contributed by atoms with Gasteiger partial charge >= 0.3 is 0 Å². The minimum Gasteiger partial charge on any atom is -0.493 e. The second-order valence-electron chi connectivity index (χ2n) is 5.34. The van der Waals surface area contributed by atoms with Crippen LogP contribution in [-0.2, 0) is 4.79 Å². The lowest BCUT2D eigenvalue weighted by molar-refractivity contribution is -0.120. The Hall–Kier alpha value is -2.44. The number of rotatable bonds is 8. The normalized spacial score (nSPS) is 13.2. The van der Waals surface area contributed by atoms with Crippen molar-refractivity contribution in [2.75, 3.05) is 34.4 Å². The quantitative estimate of drug-likeness (QED) is 0.745. The highest BCUT2D eigenvalue weighted by molar-refractivity contribution is 5.97. The molecule has 0 saturated heterocycles. The third kappa shape index (κ3) is 4.51. The molecule has 2 N–H and O–H groups in total. The number of ether oxygens (including phenoxy) is 3. The average molecular weight is 322 g/mol. The Balaban J connectivity index is 1.98. The number of hydrogen-bond donors (Lipinski definition) is 2. The molecule has 0 unspecified atom stereocenters. The first-order valence-electron chi connectivity index (χ1n) is 7.44. The van der Waals surface area contributed by atoms with E-state index in [9.17, 15) is 9.59 Å². The van der Waals surface area contributed by atoms with Gasteiger partial charge in [-0.25, -0.2) is 0 Å². The maximum absolute atomic E-state index is 12.2. The molecule has 1 aromatic rings. The van der Waals surface area contributed by atoms with Crippen LogP contribution in [0.5, 0.6) is 17.2 Å². The molecule has 0 heterocycles. The molecular weight excluding hydrogens is 300 g/mol. The first-order chi connectivity index (χ1) is 11.1. The van der Waals surface area contributed by atoms with E-state index in [4.69, 9.17) is 14.2 Å². The second kappa shape index (κ2) is 7.71. The smallest absolute Gasteiger partial charge is 0.251 e. The fourth-order valence-corrected chi connectivity index (χ4v) is 2.12. The molecular formula is C16H22N2O5. The summed E-state index contributed by atoms with van der Waals surface area (Å²) in [7, 11) is 4.44. The maximum atomic E-state index is 12.2. The zero-order valence-corrected chi connectivity index (χ0v) is 13.6. The van der Waals surface area contributed by atoms with Crippen molar-refractivity contribution >= 4 is 11.8 Å². The van der Waals surface area contributed by atoms with E-state index in [0.717, 1.165) is 12.8 Å². The van der Waals surface area contributed by atoms with Crippen LogP contribution < -0.4 is 24.8 Å². The Kier molecular flexibility index (Phi) is 5.67. The van der Waals surface area contributed by atoms with Crippen LogP contribution in [0.2, 0.25) is 0 Å². The van der Waals surface area contributed by atoms with Crippen molar-refractivity contribution in [3.63, 3.8) is 0 Å². The van der Waals surface area contributed by atoms with Gasteiger partial charge in [-0.2, -0.15) is 0 Å². The van der Waals surface area contributed by atoms with Gasteiger partial charge in [-0.05, 0) is 30.9 Å². The fraction of sp³-hybridized carbons (Fsp3) is 0.500. The summed E-state index contributed by atoms with van der Waals surface area (Å²) >= 11 is 0. The minimum atomic E-state index is -0.383. The summed E-state index contributed by atoms with van der Waals surface area (Å²) in [4.78, 5) is 23.9. The van der Waals surface area contributed by atoms with E-state index in [1.54, 1.807) is 12.1 Å². The Bertz CT molecular complexity index is 559. The van der Waals surface area contributed by atoms with Gasteiger partial charge in [0.1, 0.15) is 0 Å². The van der Waals surface area contributed by atoms with Crippen molar-refractivity contribution in [3.8, 4) is 17.2 Å². The summed E-state index contributed by atoms with van der Waals surface area (Å²) < 4.78 is 15.6. The third-order valence-electron chi connectivity index (χ3n) is 3.62. The minimum absolute atomic E-state index is 0.0672. The molecule has 1 fully saturated rings. The lowest BCUT2D eigenvalue weighted by Crippen LogP contribution is -2.37. The second-order valence-corrected chi connectivity index (χ2v) is 5.34. The third-order valence-corrected chi connectivity index (χ3v) is 3.62. The SMILES string of the molecule is COc1cc(C(=O)NCC(=O)NCC2CC2)cc(OC)c1OC. The highest BCUT2D eigenvalue weighted by atomic mass is 16.5. The van der Waals surface area contributed by atoms with Crippen LogP contribution >= 0.6 is 0 Å². The van der Waals surface area contributed by atoms with Crippen LogP contribution in [0.4, 0.5) is 0 Å². The molecule has 0 aromatic heterocycles. The number of amides is 2. The van der Waals surface area contributed by atoms with E-state index in [1.165, 1.54) is 21.3 Å². The molecule has 1 aromatic carbocycles. The number of benzene rings is 1. The lowest BCUT2D eigenvalue weighted by atomic mass is 10.1. The van der Waals surface area contributed by atoms with Crippen molar-refractivity contribution in [3.05, 3.63) is 17.7 Å². The van der Waals surface area contributed by atoms with Crippen molar-refractivity contribution < 1.29 is 23.8 Å². The van der Waals surface area contributed by atoms with E-state index in [0.29, 0.717) is 35.3 Å². The first-order valence-corrected chi connectivity index (χ1v) is 7.44. The van der Waals surface area contributed by atoms with Gasteiger partial charge in [-0.1, -0.05) is 0 Å². The van der Waals surface area contributed by atoms with Crippen molar-refractivity contribution in [1.29, 1.82) is 0 Å². The van der Waals surface area contributed by atoms with Crippen LogP contribution in [0.15, 0.2) is 12.1 Å². The molecule has 0 atom stereocenters. The summed E-state index contributed by atoms with van der Waals surface area (Å²) in [6.07, 6.45) is 2.33.